The molecule has 7 nitrogen and oxygen atoms in total. The minimum Gasteiger partial charge on any atom is -0.475 e. The molecule has 0 radical (unpaired) electrons. The van der Waals surface area contributed by atoms with Gasteiger partial charge in [-0.1, -0.05) is 6.92 Å². The Morgan fingerprint density at radius 3 is 2.86 bits per heavy atom. The quantitative estimate of drug-likeness (QED) is 0.773. The predicted octanol–water partition coefficient (Wildman–Crippen LogP) is 1.12. The molecule has 0 saturated carbocycles. The van der Waals surface area contributed by atoms with Gasteiger partial charge in [0.25, 0.3) is 0 Å². The van der Waals surface area contributed by atoms with Crippen LogP contribution in [-0.4, -0.2) is 48.2 Å². The van der Waals surface area contributed by atoms with E-state index in [1.807, 2.05) is 0 Å². The first-order valence-corrected chi connectivity index (χ1v) is 7.00. The first kappa shape index (κ1) is 15.4. The Labute approximate surface area is 123 Å². The molecule has 1 aliphatic heterocycles. The highest BCUT2D eigenvalue weighted by molar-refractivity contribution is 5.84. The third-order valence-electron chi connectivity index (χ3n) is 3.72. The summed E-state index contributed by atoms with van der Waals surface area (Å²) in [7, 11) is 2.07. The summed E-state index contributed by atoms with van der Waals surface area (Å²) >= 11 is 0. The van der Waals surface area contributed by atoms with Crippen molar-refractivity contribution in [2.24, 2.45) is 5.92 Å². The van der Waals surface area contributed by atoms with E-state index in [1.54, 1.807) is 6.07 Å². The number of nitrogens with one attached hydrogen (secondary N) is 2. The van der Waals surface area contributed by atoms with E-state index in [1.165, 1.54) is 6.07 Å². The van der Waals surface area contributed by atoms with Crippen molar-refractivity contribution in [1.82, 2.24) is 15.5 Å². The first-order valence-electron chi connectivity index (χ1n) is 7.00. The Morgan fingerprint density at radius 1 is 1.48 bits per heavy atom. The number of rotatable bonds is 4. The van der Waals surface area contributed by atoms with Crippen molar-refractivity contribution in [3.8, 4) is 0 Å². The van der Waals surface area contributed by atoms with Gasteiger partial charge in [0.15, 0.2) is 0 Å². The van der Waals surface area contributed by atoms with Gasteiger partial charge in [0.2, 0.25) is 5.76 Å². The molecule has 0 aromatic carbocycles. The fourth-order valence-electron chi connectivity index (χ4n) is 2.54. The van der Waals surface area contributed by atoms with E-state index in [9.17, 15) is 9.59 Å². The molecular formula is C14H21N3O4. The zero-order chi connectivity index (χ0) is 15.4. The van der Waals surface area contributed by atoms with Crippen LogP contribution in [0.5, 0.6) is 0 Å². The first-order chi connectivity index (χ1) is 9.95. The highest BCUT2D eigenvalue weighted by Gasteiger charge is 2.25. The van der Waals surface area contributed by atoms with Gasteiger partial charge in [0.05, 0.1) is 6.54 Å². The zero-order valence-electron chi connectivity index (χ0n) is 12.3. The van der Waals surface area contributed by atoms with Gasteiger partial charge < -0.3 is 25.1 Å². The van der Waals surface area contributed by atoms with Crippen molar-refractivity contribution < 1.29 is 19.1 Å². The van der Waals surface area contributed by atoms with Gasteiger partial charge in [-0.3, -0.25) is 0 Å². The molecule has 1 saturated heterocycles. The van der Waals surface area contributed by atoms with Crippen LogP contribution in [0.4, 0.5) is 4.79 Å². The van der Waals surface area contributed by atoms with E-state index in [0.717, 1.165) is 19.5 Å². The Balaban J connectivity index is 1.78. The lowest BCUT2D eigenvalue weighted by molar-refractivity contribution is 0.0660. The number of furan rings is 1. The lowest BCUT2D eigenvalue weighted by Gasteiger charge is -2.35. The number of amides is 2. The molecule has 1 aromatic heterocycles. The van der Waals surface area contributed by atoms with Crippen LogP contribution in [0.1, 0.15) is 29.7 Å². The van der Waals surface area contributed by atoms with Crippen LogP contribution >= 0.6 is 0 Å². The standard InChI is InChI=1S/C14H21N3O4/c1-9-8-17(2)6-5-11(9)16-14(20)15-7-10-3-4-12(21-10)13(18)19/h3-4,9,11H,5-8H2,1-2H3,(H,18,19)(H2,15,16,20). The summed E-state index contributed by atoms with van der Waals surface area (Å²) in [5.74, 6) is -0.433. The number of carboxylic acids is 1. The minimum absolute atomic E-state index is 0.129. The maximum Gasteiger partial charge on any atom is 0.371 e. The van der Waals surface area contributed by atoms with Gasteiger partial charge >= 0.3 is 12.0 Å². The van der Waals surface area contributed by atoms with Crippen LogP contribution in [0, 0.1) is 5.92 Å². The second-order valence-electron chi connectivity index (χ2n) is 5.53. The molecule has 7 heteroatoms. The van der Waals surface area contributed by atoms with Crippen molar-refractivity contribution in [3.63, 3.8) is 0 Å². The summed E-state index contributed by atoms with van der Waals surface area (Å²) in [5.41, 5.74) is 0. The SMILES string of the molecule is CC1CN(C)CCC1NC(=O)NCc1ccc(C(=O)O)o1. The van der Waals surface area contributed by atoms with Crippen LogP contribution in [0.25, 0.3) is 0 Å². The molecule has 2 heterocycles. The van der Waals surface area contributed by atoms with E-state index in [2.05, 4.69) is 29.5 Å². The third-order valence-corrected chi connectivity index (χ3v) is 3.72. The normalized spacial score (nSPS) is 22.8. The molecule has 2 amide bonds. The molecule has 2 rings (SSSR count). The molecule has 1 aliphatic rings. The topological polar surface area (TPSA) is 94.8 Å². The Morgan fingerprint density at radius 2 is 2.24 bits per heavy atom. The molecule has 1 fully saturated rings. The Kier molecular flexibility index (Phi) is 4.85. The van der Waals surface area contributed by atoms with Crippen molar-refractivity contribution in [2.75, 3.05) is 20.1 Å². The van der Waals surface area contributed by atoms with Crippen LogP contribution in [0.3, 0.4) is 0 Å². The summed E-state index contributed by atoms with van der Waals surface area (Å²) in [6.07, 6.45) is 0.926. The third kappa shape index (κ3) is 4.22. The van der Waals surface area contributed by atoms with Crippen LogP contribution < -0.4 is 10.6 Å². The van der Waals surface area contributed by atoms with Crippen molar-refractivity contribution in [2.45, 2.75) is 25.9 Å². The summed E-state index contributed by atoms with van der Waals surface area (Å²) in [4.78, 5) is 24.8. The minimum atomic E-state index is -1.12. The predicted molar refractivity (Wildman–Crippen MR) is 76.1 cm³/mol. The number of nitrogens with zero attached hydrogens (tertiary/aromatic N) is 1. The number of hydrogen-bond donors (Lipinski definition) is 3. The number of aromatic carboxylic acids is 1. The molecule has 0 aliphatic carbocycles. The second kappa shape index (κ2) is 6.62. The number of hydrogen-bond acceptors (Lipinski definition) is 4. The number of carbonyl (C=O) groups excluding carboxylic acids is 1. The Bertz CT molecular complexity index is 514. The molecule has 3 N–H and O–H groups in total. The summed E-state index contributed by atoms with van der Waals surface area (Å²) in [6, 6.07) is 2.81. The fourth-order valence-corrected chi connectivity index (χ4v) is 2.54. The summed E-state index contributed by atoms with van der Waals surface area (Å²) < 4.78 is 5.07. The maximum absolute atomic E-state index is 11.9. The molecule has 0 spiro atoms. The second-order valence-corrected chi connectivity index (χ2v) is 5.53. The molecule has 2 atom stereocenters. The van der Waals surface area contributed by atoms with Gasteiger partial charge in [-0.2, -0.15) is 0 Å². The van der Waals surface area contributed by atoms with Crippen LogP contribution in [0.2, 0.25) is 0 Å². The van der Waals surface area contributed by atoms with Crippen LogP contribution in [0.15, 0.2) is 16.5 Å². The molecule has 0 bridgehead atoms. The lowest BCUT2D eigenvalue weighted by Crippen LogP contribution is -2.51. The molecule has 2 unspecified atom stereocenters. The van der Waals surface area contributed by atoms with Gasteiger partial charge in [-0.05, 0) is 38.1 Å². The van der Waals surface area contributed by atoms with E-state index in [0.29, 0.717) is 11.7 Å². The van der Waals surface area contributed by atoms with Crippen molar-refractivity contribution in [3.05, 3.63) is 23.7 Å². The van der Waals surface area contributed by atoms with Crippen LogP contribution in [-0.2, 0) is 6.54 Å². The largest absolute Gasteiger partial charge is 0.475 e. The van der Waals surface area contributed by atoms with Gasteiger partial charge in [0.1, 0.15) is 5.76 Å². The number of carboxylic acid groups (broad SMARTS) is 1. The number of carbonyl (C=O) groups is 2. The number of urea groups is 1. The highest BCUT2D eigenvalue weighted by atomic mass is 16.4. The lowest BCUT2D eigenvalue weighted by atomic mass is 9.94. The van der Waals surface area contributed by atoms with Crippen molar-refractivity contribution >= 4 is 12.0 Å². The number of piperidine rings is 1. The Hall–Kier alpha value is -2.02. The van der Waals surface area contributed by atoms with E-state index in [4.69, 9.17) is 9.52 Å². The highest BCUT2D eigenvalue weighted by Crippen LogP contribution is 2.15. The monoisotopic (exact) mass is 295 g/mol. The molecule has 116 valence electrons. The van der Waals surface area contributed by atoms with E-state index >= 15 is 0 Å². The smallest absolute Gasteiger partial charge is 0.371 e. The molecule has 21 heavy (non-hydrogen) atoms. The average molecular weight is 295 g/mol. The van der Waals surface area contributed by atoms with Gasteiger partial charge in [0, 0.05) is 12.6 Å². The number of likely N-dealkylation sites (tertiary alicyclic amines) is 1. The summed E-state index contributed by atoms with van der Waals surface area (Å²) in [5, 5.41) is 14.4. The average Bonchev–Trinajstić information content (AvgIpc) is 2.89. The maximum atomic E-state index is 11.9. The van der Waals surface area contributed by atoms with E-state index < -0.39 is 5.97 Å². The van der Waals surface area contributed by atoms with E-state index in [-0.39, 0.29) is 24.4 Å². The summed E-state index contributed by atoms with van der Waals surface area (Å²) in [6.45, 7) is 4.22. The van der Waals surface area contributed by atoms with Gasteiger partial charge in [-0.25, -0.2) is 9.59 Å². The fraction of sp³-hybridized carbons (Fsp3) is 0.571. The molecular weight excluding hydrogens is 274 g/mol. The zero-order valence-corrected chi connectivity index (χ0v) is 12.3. The van der Waals surface area contributed by atoms with Gasteiger partial charge in [-0.15, -0.1) is 0 Å². The molecule has 1 aromatic rings. The van der Waals surface area contributed by atoms with Crippen molar-refractivity contribution in [1.29, 1.82) is 0 Å².